The third-order valence-corrected chi connectivity index (χ3v) is 3.95. The highest BCUT2D eigenvalue weighted by atomic mass is 16.5. The van der Waals surface area contributed by atoms with Crippen LogP contribution in [0.15, 0.2) is 23.0 Å². The Morgan fingerprint density at radius 3 is 3.00 bits per heavy atom. The third kappa shape index (κ3) is 2.72. The van der Waals surface area contributed by atoms with Crippen LogP contribution in [0, 0.1) is 5.92 Å². The van der Waals surface area contributed by atoms with E-state index in [1.54, 1.807) is 6.20 Å². The molecule has 0 spiro atoms. The zero-order chi connectivity index (χ0) is 13.9. The van der Waals surface area contributed by atoms with Crippen molar-refractivity contribution in [3.63, 3.8) is 0 Å². The standard InChI is InChI=1S/C15H20N4O/c1-3-10-9-17-7-6-12(10)15-18-14(20-19-15)8-13(16-2)11-4-5-11/h6-7,9,11,13,16H,3-5,8H2,1-2H3. The quantitative estimate of drug-likeness (QED) is 0.873. The number of rotatable bonds is 6. The van der Waals surface area contributed by atoms with Crippen molar-refractivity contribution in [3.8, 4) is 11.4 Å². The average molecular weight is 272 g/mol. The molecule has 1 N–H and O–H groups in total. The molecule has 1 aliphatic rings. The minimum atomic E-state index is 0.450. The summed E-state index contributed by atoms with van der Waals surface area (Å²) in [4.78, 5) is 8.69. The van der Waals surface area contributed by atoms with Crippen LogP contribution in [0.2, 0.25) is 0 Å². The van der Waals surface area contributed by atoms with Gasteiger partial charge in [-0.1, -0.05) is 12.1 Å². The molecular formula is C15H20N4O. The fourth-order valence-electron chi connectivity index (χ4n) is 2.57. The number of likely N-dealkylation sites (N-methyl/N-ethyl adjacent to an activating group) is 1. The van der Waals surface area contributed by atoms with Gasteiger partial charge in [0.2, 0.25) is 11.7 Å². The summed E-state index contributed by atoms with van der Waals surface area (Å²) in [5, 5.41) is 7.47. The molecule has 1 atom stereocenters. The lowest BCUT2D eigenvalue weighted by molar-refractivity contribution is 0.352. The Labute approximate surface area is 118 Å². The SMILES string of the molecule is CCc1cnccc1-c1noc(CC(NC)C2CC2)n1. The molecule has 1 unspecified atom stereocenters. The summed E-state index contributed by atoms with van der Waals surface area (Å²) >= 11 is 0. The van der Waals surface area contributed by atoms with Crippen LogP contribution in [0.1, 0.15) is 31.2 Å². The first-order chi connectivity index (χ1) is 9.81. The molecule has 0 radical (unpaired) electrons. The van der Waals surface area contributed by atoms with E-state index in [1.165, 1.54) is 12.8 Å². The molecule has 1 saturated carbocycles. The monoisotopic (exact) mass is 272 g/mol. The van der Waals surface area contributed by atoms with Crippen LogP contribution in [0.5, 0.6) is 0 Å². The highest BCUT2D eigenvalue weighted by Crippen LogP contribution is 2.34. The fraction of sp³-hybridized carbons (Fsp3) is 0.533. The molecule has 5 heteroatoms. The summed E-state index contributed by atoms with van der Waals surface area (Å²) in [5.41, 5.74) is 2.16. The van der Waals surface area contributed by atoms with Crippen molar-refractivity contribution in [2.45, 2.75) is 38.6 Å². The van der Waals surface area contributed by atoms with Crippen molar-refractivity contribution in [1.82, 2.24) is 20.4 Å². The number of aromatic nitrogens is 3. The zero-order valence-corrected chi connectivity index (χ0v) is 12.0. The first kappa shape index (κ1) is 13.2. The van der Waals surface area contributed by atoms with Gasteiger partial charge >= 0.3 is 0 Å². The number of hydrogen-bond acceptors (Lipinski definition) is 5. The van der Waals surface area contributed by atoms with E-state index in [-0.39, 0.29) is 0 Å². The highest BCUT2D eigenvalue weighted by Gasteiger charge is 2.31. The van der Waals surface area contributed by atoms with E-state index in [0.717, 1.165) is 29.9 Å². The summed E-state index contributed by atoms with van der Waals surface area (Å²) in [6.45, 7) is 2.10. The second kappa shape index (κ2) is 5.71. The molecule has 0 aromatic carbocycles. The number of aryl methyl sites for hydroxylation is 1. The Morgan fingerprint density at radius 2 is 2.30 bits per heavy atom. The second-order valence-electron chi connectivity index (χ2n) is 5.33. The second-order valence-corrected chi connectivity index (χ2v) is 5.33. The van der Waals surface area contributed by atoms with Gasteiger partial charge in [-0.25, -0.2) is 0 Å². The lowest BCUT2D eigenvalue weighted by atomic mass is 10.1. The fourth-order valence-corrected chi connectivity index (χ4v) is 2.57. The molecule has 0 bridgehead atoms. The minimum Gasteiger partial charge on any atom is -0.339 e. The number of pyridine rings is 1. The van der Waals surface area contributed by atoms with Crippen molar-refractivity contribution < 1.29 is 4.52 Å². The molecule has 106 valence electrons. The van der Waals surface area contributed by atoms with Gasteiger partial charge in [0, 0.05) is 30.4 Å². The van der Waals surface area contributed by atoms with E-state index in [2.05, 4.69) is 27.4 Å². The predicted molar refractivity (Wildman–Crippen MR) is 76.2 cm³/mol. The lowest BCUT2D eigenvalue weighted by Gasteiger charge is -2.11. The van der Waals surface area contributed by atoms with Gasteiger partial charge in [0.25, 0.3) is 0 Å². The normalized spacial score (nSPS) is 16.3. The van der Waals surface area contributed by atoms with E-state index < -0.39 is 0 Å². The van der Waals surface area contributed by atoms with Crippen molar-refractivity contribution in [2.24, 2.45) is 5.92 Å². The maximum absolute atomic E-state index is 5.41. The molecular weight excluding hydrogens is 252 g/mol. The summed E-state index contributed by atoms with van der Waals surface area (Å²) in [5.74, 6) is 2.15. The first-order valence-electron chi connectivity index (χ1n) is 7.25. The maximum Gasteiger partial charge on any atom is 0.228 e. The topological polar surface area (TPSA) is 63.8 Å². The predicted octanol–water partition coefficient (Wildman–Crippen LogP) is 2.23. The van der Waals surface area contributed by atoms with Crippen LogP contribution < -0.4 is 5.32 Å². The average Bonchev–Trinajstić information content (AvgIpc) is 3.23. The van der Waals surface area contributed by atoms with Gasteiger partial charge < -0.3 is 9.84 Å². The Balaban J connectivity index is 1.79. The van der Waals surface area contributed by atoms with Crippen molar-refractivity contribution in [3.05, 3.63) is 29.9 Å². The molecule has 2 aromatic heterocycles. The van der Waals surface area contributed by atoms with Crippen LogP contribution in [-0.4, -0.2) is 28.2 Å². The van der Waals surface area contributed by atoms with Crippen LogP contribution in [0.25, 0.3) is 11.4 Å². The van der Waals surface area contributed by atoms with Crippen LogP contribution in [-0.2, 0) is 12.8 Å². The van der Waals surface area contributed by atoms with E-state index in [1.807, 2.05) is 19.3 Å². The first-order valence-corrected chi connectivity index (χ1v) is 7.25. The number of hydrogen-bond donors (Lipinski definition) is 1. The van der Waals surface area contributed by atoms with Gasteiger partial charge in [-0.3, -0.25) is 4.98 Å². The minimum absolute atomic E-state index is 0.450. The van der Waals surface area contributed by atoms with Crippen molar-refractivity contribution in [2.75, 3.05) is 7.05 Å². The molecule has 2 aromatic rings. The van der Waals surface area contributed by atoms with E-state index >= 15 is 0 Å². The van der Waals surface area contributed by atoms with E-state index in [9.17, 15) is 0 Å². The third-order valence-electron chi connectivity index (χ3n) is 3.95. The molecule has 5 nitrogen and oxygen atoms in total. The summed E-state index contributed by atoms with van der Waals surface area (Å²) in [6.07, 6.45) is 7.96. The molecule has 0 amide bonds. The Morgan fingerprint density at radius 1 is 1.45 bits per heavy atom. The molecule has 0 saturated heterocycles. The summed E-state index contributed by atoms with van der Waals surface area (Å²) in [7, 11) is 2.00. The zero-order valence-electron chi connectivity index (χ0n) is 12.0. The summed E-state index contributed by atoms with van der Waals surface area (Å²) < 4.78 is 5.41. The number of nitrogens with one attached hydrogen (secondary N) is 1. The van der Waals surface area contributed by atoms with Crippen LogP contribution in [0.4, 0.5) is 0 Å². The van der Waals surface area contributed by atoms with Crippen LogP contribution in [0.3, 0.4) is 0 Å². The molecule has 20 heavy (non-hydrogen) atoms. The Kier molecular flexibility index (Phi) is 3.78. The number of nitrogens with zero attached hydrogens (tertiary/aromatic N) is 3. The maximum atomic E-state index is 5.41. The molecule has 2 heterocycles. The van der Waals surface area contributed by atoms with E-state index in [4.69, 9.17) is 4.52 Å². The molecule has 0 aliphatic heterocycles. The highest BCUT2D eigenvalue weighted by molar-refractivity contribution is 5.58. The van der Waals surface area contributed by atoms with Gasteiger partial charge in [0.1, 0.15) is 0 Å². The van der Waals surface area contributed by atoms with Gasteiger partial charge in [-0.15, -0.1) is 0 Å². The molecule has 1 aliphatic carbocycles. The largest absolute Gasteiger partial charge is 0.339 e. The van der Waals surface area contributed by atoms with Crippen LogP contribution >= 0.6 is 0 Å². The smallest absolute Gasteiger partial charge is 0.228 e. The van der Waals surface area contributed by atoms with Crippen molar-refractivity contribution in [1.29, 1.82) is 0 Å². The van der Waals surface area contributed by atoms with Gasteiger partial charge in [0.05, 0.1) is 0 Å². The Hall–Kier alpha value is -1.75. The van der Waals surface area contributed by atoms with Crippen molar-refractivity contribution >= 4 is 0 Å². The van der Waals surface area contributed by atoms with Gasteiger partial charge in [0.15, 0.2) is 0 Å². The Bertz CT molecular complexity index is 577. The van der Waals surface area contributed by atoms with Gasteiger partial charge in [-0.2, -0.15) is 4.98 Å². The molecule has 3 rings (SSSR count). The van der Waals surface area contributed by atoms with Gasteiger partial charge in [-0.05, 0) is 43.9 Å². The lowest BCUT2D eigenvalue weighted by Crippen LogP contribution is -2.29. The van der Waals surface area contributed by atoms with E-state index in [0.29, 0.717) is 17.8 Å². The molecule has 1 fully saturated rings. The summed E-state index contributed by atoms with van der Waals surface area (Å²) in [6, 6.07) is 2.40.